The van der Waals surface area contributed by atoms with Crippen molar-refractivity contribution in [2.24, 2.45) is 0 Å². The Hall–Kier alpha value is -2.02. The maximum atomic E-state index is 8.26. The second-order valence-electron chi connectivity index (χ2n) is 4.40. The molecular weight excluding hydrogens is 208 g/mol. The van der Waals surface area contributed by atoms with Crippen molar-refractivity contribution in [3.63, 3.8) is 0 Å². The van der Waals surface area contributed by atoms with Crippen LogP contribution in [0.5, 0.6) is 0 Å². The van der Waals surface area contributed by atoms with Gasteiger partial charge in [-0.3, -0.25) is 0 Å². The minimum absolute atomic E-state index is 0.185. The summed E-state index contributed by atoms with van der Waals surface area (Å²) in [6.07, 6.45) is 0.554. The third kappa shape index (κ3) is 1.19. The van der Waals surface area contributed by atoms with Crippen molar-refractivity contribution >= 4 is 11.0 Å². The third-order valence-corrected chi connectivity index (χ3v) is 3.43. The van der Waals surface area contributed by atoms with Crippen molar-refractivity contribution in [1.82, 2.24) is 0 Å². The lowest BCUT2D eigenvalue weighted by Crippen LogP contribution is -2.01. The fourth-order valence-corrected chi connectivity index (χ4v) is 2.61. The van der Waals surface area contributed by atoms with Gasteiger partial charge < -0.3 is 4.42 Å². The summed E-state index contributed by atoms with van der Waals surface area (Å²) in [5, 5.41) is 1.15. The Balaban J connectivity index is 2.10. The fourth-order valence-electron chi connectivity index (χ4n) is 2.61. The average Bonchev–Trinajstić information content (AvgIpc) is 2.78. The molecule has 0 N–H and O–H groups in total. The molecule has 1 unspecified atom stereocenters. The summed E-state index contributed by atoms with van der Waals surface area (Å²) in [7, 11) is 0. The molecule has 0 spiro atoms. The third-order valence-electron chi connectivity index (χ3n) is 3.43. The van der Waals surface area contributed by atoms with E-state index in [-0.39, 0.29) is 6.40 Å². The van der Waals surface area contributed by atoms with E-state index in [9.17, 15) is 0 Å². The molecule has 82 valence electrons. The highest BCUT2D eigenvalue weighted by Gasteiger charge is 2.21. The monoisotopic (exact) mass is 221 g/mol. The van der Waals surface area contributed by atoms with Crippen LogP contribution >= 0.6 is 0 Å². The van der Waals surface area contributed by atoms with Crippen LogP contribution < -0.4 is 0 Å². The van der Waals surface area contributed by atoms with Crippen molar-refractivity contribution in [3.8, 4) is 11.3 Å². The van der Waals surface area contributed by atoms with E-state index in [2.05, 4.69) is 12.1 Å². The molecule has 3 aromatic rings. The maximum Gasteiger partial charge on any atom is 0.138 e. The van der Waals surface area contributed by atoms with Crippen molar-refractivity contribution < 1.29 is 5.79 Å². The molecule has 1 atom stereocenters. The van der Waals surface area contributed by atoms with E-state index in [1.165, 1.54) is 5.56 Å². The second-order valence-corrected chi connectivity index (χ2v) is 4.40. The lowest BCUT2D eigenvalue weighted by Gasteiger charge is -2.14. The molecule has 1 heteroatoms. The topological polar surface area (TPSA) is 13.1 Å². The molecule has 0 saturated heterocycles. The van der Waals surface area contributed by atoms with Gasteiger partial charge in [0.15, 0.2) is 0 Å². The average molecular weight is 221 g/mol. The summed E-state index contributed by atoms with van der Waals surface area (Å²) < 4.78 is 14.2. The zero-order chi connectivity index (χ0) is 12.1. The lowest BCUT2D eigenvalue weighted by molar-refractivity contribution is 0.621. The number of rotatable bonds is 0. The van der Waals surface area contributed by atoms with Crippen LogP contribution in [0.25, 0.3) is 22.3 Å². The summed E-state index contributed by atoms with van der Waals surface area (Å²) in [6, 6.07) is 16.2. The summed E-state index contributed by atoms with van der Waals surface area (Å²) in [6.45, 7) is 0. The standard InChI is InChI=1S/C16H12O/c1-2-6-12-11(5-1)9-10-14-13-7-3-4-8-15(13)17-16(12)14/h1-8H,9-10H2/i9D. The van der Waals surface area contributed by atoms with Crippen LogP contribution in [0.2, 0.25) is 0 Å². The quantitative estimate of drug-likeness (QED) is 0.554. The van der Waals surface area contributed by atoms with Gasteiger partial charge in [0.05, 0.1) is 0 Å². The first-order valence-corrected chi connectivity index (χ1v) is 5.86. The Kier molecular flexibility index (Phi) is 1.55. The van der Waals surface area contributed by atoms with Crippen LogP contribution in [-0.4, -0.2) is 0 Å². The molecule has 1 nitrogen and oxygen atoms in total. The van der Waals surface area contributed by atoms with E-state index in [0.29, 0.717) is 0 Å². The van der Waals surface area contributed by atoms with E-state index < -0.39 is 0 Å². The zero-order valence-corrected chi connectivity index (χ0v) is 9.31. The minimum Gasteiger partial charge on any atom is -0.456 e. The van der Waals surface area contributed by atoms with Gasteiger partial charge in [-0.25, -0.2) is 0 Å². The second kappa shape index (κ2) is 3.24. The number of furan rings is 1. The first-order chi connectivity index (χ1) is 8.84. The van der Waals surface area contributed by atoms with Gasteiger partial charge in [-0.1, -0.05) is 42.5 Å². The first kappa shape index (κ1) is 8.13. The van der Waals surface area contributed by atoms with Crippen molar-refractivity contribution in [2.45, 2.75) is 12.8 Å². The Morgan fingerprint density at radius 1 is 1.00 bits per heavy atom. The summed E-state index contributed by atoms with van der Waals surface area (Å²) in [5.74, 6) is 0.954. The molecule has 0 radical (unpaired) electrons. The van der Waals surface area contributed by atoms with Crippen molar-refractivity contribution in [1.29, 1.82) is 0 Å². The SMILES string of the molecule is [2H]C1Cc2c(oc3ccccc23)-c2ccccc21. The van der Waals surface area contributed by atoms with E-state index in [1.54, 1.807) is 0 Å². The highest BCUT2D eigenvalue weighted by atomic mass is 16.3. The van der Waals surface area contributed by atoms with E-state index in [4.69, 9.17) is 5.79 Å². The number of hydrogen-bond donors (Lipinski definition) is 0. The van der Waals surface area contributed by atoms with Crippen molar-refractivity contribution in [2.75, 3.05) is 0 Å². The van der Waals surface area contributed by atoms with Gasteiger partial charge in [-0.05, 0) is 24.4 Å². The number of para-hydroxylation sites is 1. The van der Waals surface area contributed by atoms with Crippen LogP contribution in [0.3, 0.4) is 0 Å². The number of hydrogen-bond acceptors (Lipinski definition) is 1. The van der Waals surface area contributed by atoms with E-state index >= 15 is 0 Å². The van der Waals surface area contributed by atoms with Gasteiger partial charge in [0.2, 0.25) is 0 Å². The predicted molar refractivity (Wildman–Crippen MR) is 69.1 cm³/mol. The van der Waals surface area contributed by atoms with E-state index in [0.717, 1.165) is 34.3 Å². The molecule has 17 heavy (non-hydrogen) atoms. The Morgan fingerprint density at radius 2 is 1.82 bits per heavy atom. The van der Waals surface area contributed by atoms with Crippen LogP contribution in [0.1, 0.15) is 12.5 Å². The molecule has 1 aliphatic rings. The van der Waals surface area contributed by atoms with Gasteiger partial charge in [0.25, 0.3) is 0 Å². The largest absolute Gasteiger partial charge is 0.456 e. The molecule has 1 aliphatic carbocycles. The molecular formula is C16H12O. The summed E-state index contributed by atoms with van der Waals surface area (Å²) in [5.41, 5.74) is 4.26. The van der Waals surface area contributed by atoms with Gasteiger partial charge in [0, 0.05) is 17.9 Å². The maximum absolute atomic E-state index is 8.26. The highest BCUT2D eigenvalue weighted by molar-refractivity contribution is 5.89. The van der Waals surface area contributed by atoms with E-state index in [1.807, 2.05) is 36.4 Å². The lowest BCUT2D eigenvalue weighted by atomic mass is 9.89. The minimum atomic E-state index is -0.185. The molecule has 2 aromatic carbocycles. The zero-order valence-electron chi connectivity index (χ0n) is 10.3. The van der Waals surface area contributed by atoms with Gasteiger partial charge in [0.1, 0.15) is 11.3 Å². The van der Waals surface area contributed by atoms with Crippen LogP contribution in [0, 0.1) is 0 Å². The van der Waals surface area contributed by atoms with Crippen LogP contribution in [-0.2, 0) is 12.8 Å². The molecule has 0 saturated carbocycles. The number of fused-ring (bicyclic) bond motifs is 5. The Morgan fingerprint density at radius 3 is 2.82 bits per heavy atom. The van der Waals surface area contributed by atoms with Crippen molar-refractivity contribution in [3.05, 3.63) is 59.7 Å². The molecule has 0 aliphatic heterocycles. The number of benzene rings is 2. The van der Waals surface area contributed by atoms with Gasteiger partial charge >= 0.3 is 0 Å². The predicted octanol–water partition coefficient (Wildman–Crippen LogP) is 4.20. The fraction of sp³-hybridized carbons (Fsp3) is 0.125. The molecule has 1 aromatic heterocycles. The highest BCUT2D eigenvalue weighted by Crippen LogP contribution is 2.39. The Bertz CT molecular complexity index is 742. The molecule has 1 heterocycles. The van der Waals surface area contributed by atoms with Crippen LogP contribution in [0.15, 0.2) is 52.9 Å². The van der Waals surface area contributed by atoms with Crippen LogP contribution in [0.4, 0.5) is 0 Å². The summed E-state index contributed by atoms with van der Waals surface area (Å²) >= 11 is 0. The Labute approximate surface area is 101 Å². The van der Waals surface area contributed by atoms with Gasteiger partial charge in [-0.2, -0.15) is 0 Å². The van der Waals surface area contributed by atoms with Gasteiger partial charge in [-0.15, -0.1) is 0 Å². The molecule has 0 fully saturated rings. The number of aryl methyl sites for hydroxylation is 2. The molecule has 0 bridgehead atoms. The first-order valence-electron chi connectivity index (χ1n) is 6.44. The smallest absolute Gasteiger partial charge is 0.138 e. The summed E-state index contributed by atoms with van der Waals surface area (Å²) in [4.78, 5) is 0. The normalized spacial score (nSPS) is 18.6. The molecule has 4 rings (SSSR count). The molecule has 0 amide bonds.